The summed E-state index contributed by atoms with van der Waals surface area (Å²) in [6.07, 6.45) is 0.411. The second-order valence-electron chi connectivity index (χ2n) is 3.87. The number of para-hydroxylation sites is 1. The molecule has 0 aliphatic carbocycles. The van der Waals surface area contributed by atoms with Gasteiger partial charge in [-0.3, -0.25) is 9.52 Å². The molecular weight excluding hydrogens is 254 g/mol. The van der Waals surface area contributed by atoms with E-state index >= 15 is 0 Å². The third kappa shape index (κ3) is 4.46. The molecule has 0 atom stereocenters. The largest absolute Gasteiger partial charge is 0.385 e. The first kappa shape index (κ1) is 14.7. The molecule has 0 unspecified atom stereocenters. The maximum atomic E-state index is 11.8. The van der Waals surface area contributed by atoms with Crippen LogP contribution >= 0.6 is 0 Å². The molecule has 6 heteroatoms. The zero-order valence-corrected chi connectivity index (χ0v) is 11.3. The SMILES string of the molecule is COCCCS(=O)(=O)Nc1ccccc1C(C)=O. The van der Waals surface area contributed by atoms with Crippen molar-refractivity contribution in [3.63, 3.8) is 0 Å². The van der Waals surface area contributed by atoms with Gasteiger partial charge in [0.05, 0.1) is 11.4 Å². The van der Waals surface area contributed by atoms with E-state index in [-0.39, 0.29) is 11.5 Å². The lowest BCUT2D eigenvalue weighted by Gasteiger charge is -2.10. The van der Waals surface area contributed by atoms with Gasteiger partial charge in [-0.15, -0.1) is 0 Å². The van der Waals surface area contributed by atoms with Gasteiger partial charge < -0.3 is 4.74 Å². The molecule has 0 heterocycles. The smallest absolute Gasteiger partial charge is 0.232 e. The van der Waals surface area contributed by atoms with E-state index in [0.29, 0.717) is 24.3 Å². The van der Waals surface area contributed by atoms with Gasteiger partial charge in [0.25, 0.3) is 0 Å². The van der Waals surface area contributed by atoms with Crippen LogP contribution in [0.1, 0.15) is 23.7 Å². The molecule has 18 heavy (non-hydrogen) atoms. The summed E-state index contributed by atoms with van der Waals surface area (Å²) in [6.45, 7) is 1.79. The van der Waals surface area contributed by atoms with Crippen molar-refractivity contribution in [1.82, 2.24) is 0 Å². The van der Waals surface area contributed by atoms with Crippen LogP contribution in [0.4, 0.5) is 5.69 Å². The van der Waals surface area contributed by atoms with E-state index in [1.54, 1.807) is 24.3 Å². The Morgan fingerprint density at radius 3 is 2.61 bits per heavy atom. The molecule has 0 spiro atoms. The molecule has 100 valence electrons. The van der Waals surface area contributed by atoms with Crippen LogP contribution in [-0.2, 0) is 14.8 Å². The van der Waals surface area contributed by atoms with Crippen LogP contribution in [-0.4, -0.2) is 33.7 Å². The fraction of sp³-hybridized carbons (Fsp3) is 0.417. The number of methoxy groups -OCH3 is 1. The summed E-state index contributed by atoms with van der Waals surface area (Å²) in [5.41, 5.74) is 0.690. The van der Waals surface area contributed by atoms with Crippen LogP contribution in [0.25, 0.3) is 0 Å². The Bertz CT molecular complexity index is 511. The number of Topliss-reactive ketones (excluding diaryl/α,β-unsaturated/α-hetero) is 1. The highest BCUT2D eigenvalue weighted by atomic mass is 32.2. The molecule has 0 amide bonds. The Hall–Kier alpha value is -1.40. The average Bonchev–Trinajstić information content (AvgIpc) is 2.29. The van der Waals surface area contributed by atoms with Gasteiger partial charge in [-0.2, -0.15) is 0 Å². The summed E-state index contributed by atoms with van der Waals surface area (Å²) in [7, 11) is -1.93. The van der Waals surface area contributed by atoms with Gasteiger partial charge in [0.15, 0.2) is 5.78 Å². The highest BCUT2D eigenvalue weighted by Crippen LogP contribution is 2.17. The van der Waals surface area contributed by atoms with Crippen molar-refractivity contribution in [2.75, 3.05) is 24.2 Å². The number of carbonyl (C=O) groups is 1. The Labute approximate surface area is 107 Å². The molecular formula is C12H17NO4S. The number of carbonyl (C=O) groups excluding carboxylic acids is 1. The van der Waals surface area contributed by atoms with Gasteiger partial charge in [-0.05, 0) is 25.5 Å². The maximum Gasteiger partial charge on any atom is 0.232 e. The molecule has 0 fully saturated rings. The van der Waals surface area contributed by atoms with E-state index in [2.05, 4.69) is 4.72 Å². The van der Waals surface area contributed by atoms with Crippen LogP contribution in [0, 0.1) is 0 Å². The van der Waals surface area contributed by atoms with E-state index < -0.39 is 10.0 Å². The summed E-state index contributed by atoms with van der Waals surface area (Å²) in [6, 6.07) is 6.54. The molecule has 0 bridgehead atoms. The lowest BCUT2D eigenvalue weighted by molar-refractivity contribution is 0.101. The number of hydrogen-bond donors (Lipinski definition) is 1. The minimum absolute atomic E-state index is 0.0346. The van der Waals surface area contributed by atoms with Crippen molar-refractivity contribution in [2.24, 2.45) is 0 Å². The van der Waals surface area contributed by atoms with Crippen molar-refractivity contribution in [2.45, 2.75) is 13.3 Å². The second-order valence-corrected chi connectivity index (χ2v) is 5.71. The van der Waals surface area contributed by atoms with Crippen LogP contribution in [0.15, 0.2) is 24.3 Å². The predicted molar refractivity (Wildman–Crippen MR) is 70.3 cm³/mol. The average molecular weight is 271 g/mol. The summed E-state index contributed by atoms with van der Waals surface area (Å²) < 4.78 is 30.8. The fourth-order valence-electron chi connectivity index (χ4n) is 1.49. The molecule has 1 N–H and O–H groups in total. The van der Waals surface area contributed by atoms with Gasteiger partial charge in [-0.25, -0.2) is 8.42 Å². The number of hydrogen-bond acceptors (Lipinski definition) is 4. The number of ketones is 1. The summed E-state index contributed by atoms with van der Waals surface area (Å²) in [5, 5.41) is 0. The fourth-order valence-corrected chi connectivity index (χ4v) is 2.60. The molecule has 0 aliphatic heterocycles. The molecule has 0 radical (unpaired) electrons. The van der Waals surface area contributed by atoms with E-state index in [1.807, 2.05) is 0 Å². The number of benzene rings is 1. The van der Waals surface area contributed by atoms with Crippen molar-refractivity contribution in [3.05, 3.63) is 29.8 Å². The first-order chi connectivity index (χ1) is 8.46. The Kier molecular flexibility index (Phi) is 5.30. The van der Waals surface area contributed by atoms with Crippen molar-refractivity contribution in [3.8, 4) is 0 Å². The van der Waals surface area contributed by atoms with Crippen LogP contribution in [0.2, 0.25) is 0 Å². The van der Waals surface area contributed by atoms with Gasteiger partial charge >= 0.3 is 0 Å². The van der Waals surface area contributed by atoms with Crippen molar-refractivity contribution >= 4 is 21.5 Å². The molecule has 1 aromatic rings. The molecule has 0 saturated heterocycles. The van der Waals surface area contributed by atoms with E-state index in [4.69, 9.17) is 4.74 Å². The van der Waals surface area contributed by atoms with Gasteiger partial charge in [0.2, 0.25) is 10.0 Å². The zero-order chi connectivity index (χ0) is 13.6. The first-order valence-electron chi connectivity index (χ1n) is 5.55. The topological polar surface area (TPSA) is 72.5 Å². The molecule has 0 saturated carbocycles. The van der Waals surface area contributed by atoms with Gasteiger partial charge in [0, 0.05) is 19.3 Å². The normalized spacial score (nSPS) is 11.2. The second kappa shape index (κ2) is 6.51. The van der Waals surface area contributed by atoms with Crippen molar-refractivity contribution < 1.29 is 17.9 Å². The van der Waals surface area contributed by atoms with E-state index in [9.17, 15) is 13.2 Å². The summed E-state index contributed by atoms with van der Waals surface area (Å²) >= 11 is 0. The zero-order valence-electron chi connectivity index (χ0n) is 10.5. The third-order valence-electron chi connectivity index (χ3n) is 2.33. The van der Waals surface area contributed by atoms with Crippen LogP contribution < -0.4 is 4.72 Å². The maximum absolute atomic E-state index is 11.8. The van der Waals surface area contributed by atoms with E-state index in [1.165, 1.54) is 14.0 Å². The molecule has 5 nitrogen and oxygen atoms in total. The molecule has 0 aromatic heterocycles. The van der Waals surface area contributed by atoms with E-state index in [0.717, 1.165) is 0 Å². The minimum atomic E-state index is -3.45. The molecule has 1 aromatic carbocycles. The number of sulfonamides is 1. The van der Waals surface area contributed by atoms with Crippen LogP contribution in [0.3, 0.4) is 0 Å². The van der Waals surface area contributed by atoms with Gasteiger partial charge in [-0.1, -0.05) is 12.1 Å². The lowest BCUT2D eigenvalue weighted by atomic mass is 10.1. The molecule has 0 aliphatic rings. The van der Waals surface area contributed by atoms with Crippen molar-refractivity contribution in [1.29, 1.82) is 0 Å². The number of nitrogens with one attached hydrogen (secondary N) is 1. The standard InChI is InChI=1S/C12H17NO4S/c1-10(14)11-6-3-4-7-12(11)13-18(15,16)9-5-8-17-2/h3-4,6-7,13H,5,8-9H2,1-2H3. The summed E-state index contributed by atoms with van der Waals surface area (Å²) in [4.78, 5) is 11.4. The Balaban J connectivity index is 2.81. The predicted octanol–water partition coefficient (Wildman–Crippen LogP) is 1.67. The quantitative estimate of drug-likeness (QED) is 0.605. The number of ether oxygens (including phenoxy) is 1. The number of anilines is 1. The lowest BCUT2D eigenvalue weighted by Crippen LogP contribution is -2.19. The minimum Gasteiger partial charge on any atom is -0.385 e. The Morgan fingerprint density at radius 2 is 2.00 bits per heavy atom. The monoisotopic (exact) mass is 271 g/mol. The highest BCUT2D eigenvalue weighted by molar-refractivity contribution is 7.92. The third-order valence-corrected chi connectivity index (χ3v) is 3.69. The first-order valence-corrected chi connectivity index (χ1v) is 7.21. The number of rotatable bonds is 7. The summed E-state index contributed by atoms with van der Waals surface area (Å²) in [5.74, 6) is -0.210. The van der Waals surface area contributed by atoms with Gasteiger partial charge in [0.1, 0.15) is 0 Å². The highest BCUT2D eigenvalue weighted by Gasteiger charge is 2.14. The van der Waals surface area contributed by atoms with Crippen LogP contribution in [0.5, 0.6) is 0 Å². The molecule has 1 rings (SSSR count). The Morgan fingerprint density at radius 1 is 1.33 bits per heavy atom.